The molecule has 3 aromatic rings. The maximum absolute atomic E-state index is 13.1. The Labute approximate surface area is 112 Å². The highest BCUT2D eigenvalue weighted by atomic mass is 32.1. The SMILES string of the molecule is O=C(c1ccc(F)cc1)c1cc2cc(F)ccc2s1. The average Bonchev–Trinajstić information content (AvgIpc) is 2.81. The molecule has 19 heavy (non-hydrogen) atoms. The lowest BCUT2D eigenvalue weighted by atomic mass is 10.1. The van der Waals surface area contributed by atoms with E-state index in [0.29, 0.717) is 15.8 Å². The number of benzene rings is 2. The molecule has 0 unspecified atom stereocenters. The zero-order chi connectivity index (χ0) is 13.4. The Morgan fingerprint density at radius 3 is 2.32 bits per heavy atom. The molecule has 0 aliphatic heterocycles. The molecular formula is C15H8F2OS. The van der Waals surface area contributed by atoms with E-state index in [9.17, 15) is 13.6 Å². The fraction of sp³-hybridized carbons (Fsp3) is 0. The predicted molar refractivity (Wildman–Crippen MR) is 71.6 cm³/mol. The van der Waals surface area contributed by atoms with Crippen LogP contribution in [0.15, 0.2) is 48.5 Å². The molecule has 1 nitrogen and oxygen atoms in total. The van der Waals surface area contributed by atoms with Gasteiger partial charge < -0.3 is 0 Å². The first-order valence-corrected chi connectivity index (χ1v) is 6.44. The number of thiophene rings is 1. The van der Waals surface area contributed by atoms with Gasteiger partial charge in [-0.05, 0) is 53.9 Å². The third-order valence-electron chi connectivity index (χ3n) is 2.81. The van der Waals surface area contributed by atoms with Crippen LogP contribution in [0, 0.1) is 11.6 Å². The highest BCUT2D eigenvalue weighted by molar-refractivity contribution is 7.21. The first kappa shape index (κ1) is 12.0. The predicted octanol–water partition coefficient (Wildman–Crippen LogP) is 4.41. The summed E-state index contributed by atoms with van der Waals surface area (Å²) in [5, 5.41) is 0.704. The minimum absolute atomic E-state index is 0.179. The Bertz CT molecular complexity index is 759. The summed E-state index contributed by atoms with van der Waals surface area (Å²) >= 11 is 1.30. The molecule has 0 spiro atoms. The van der Waals surface area contributed by atoms with Gasteiger partial charge in [-0.2, -0.15) is 0 Å². The monoisotopic (exact) mass is 274 g/mol. The van der Waals surface area contributed by atoms with E-state index in [2.05, 4.69) is 0 Å². The molecule has 0 saturated heterocycles. The van der Waals surface area contributed by atoms with Crippen LogP contribution in [0.3, 0.4) is 0 Å². The van der Waals surface area contributed by atoms with Crippen molar-refractivity contribution in [3.05, 3.63) is 70.6 Å². The number of rotatable bonds is 2. The van der Waals surface area contributed by atoms with Crippen molar-refractivity contribution in [3.63, 3.8) is 0 Å². The second-order valence-electron chi connectivity index (χ2n) is 4.13. The maximum Gasteiger partial charge on any atom is 0.202 e. The Morgan fingerprint density at radius 1 is 0.895 bits per heavy atom. The fourth-order valence-electron chi connectivity index (χ4n) is 1.87. The van der Waals surface area contributed by atoms with Gasteiger partial charge >= 0.3 is 0 Å². The Balaban J connectivity index is 2.04. The molecule has 0 N–H and O–H groups in total. The van der Waals surface area contributed by atoms with Crippen LogP contribution >= 0.6 is 11.3 Å². The number of carbonyl (C=O) groups is 1. The number of ketones is 1. The summed E-state index contributed by atoms with van der Waals surface area (Å²) in [4.78, 5) is 12.7. The summed E-state index contributed by atoms with van der Waals surface area (Å²) in [5.74, 6) is -0.886. The highest BCUT2D eigenvalue weighted by Crippen LogP contribution is 2.28. The van der Waals surface area contributed by atoms with Crippen LogP contribution in [0.4, 0.5) is 8.78 Å². The molecule has 1 heterocycles. The van der Waals surface area contributed by atoms with Gasteiger partial charge in [-0.1, -0.05) is 0 Å². The van der Waals surface area contributed by atoms with Gasteiger partial charge in [0.1, 0.15) is 11.6 Å². The molecule has 4 heteroatoms. The summed E-state index contributed by atoms with van der Waals surface area (Å²) < 4.78 is 26.8. The van der Waals surface area contributed by atoms with Crippen molar-refractivity contribution in [2.75, 3.05) is 0 Å². The van der Waals surface area contributed by atoms with Gasteiger partial charge in [0, 0.05) is 10.3 Å². The molecule has 1 aromatic heterocycles. The van der Waals surface area contributed by atoms with Crippen molar-refractivity contribution < 1.29 is 13.6 Å². The van der Waals surface area contributed by atoms with E-state index >= 15 is 0 Å². The number of halogens is 2. The second-order valence-corrected chi connectivity index (χ2v) is 5.21. The van der Waals surface area contributed by atoms with E-state index in [1.54, 1.807) is 12.1 Å². The van der Waals surface area contributed by atoms with Crippen molar-refractivity contribution in [1.82, 2.24) is 0 Å². The van der Waals surface area contributed by atoms with E-state index in [-0.39, 0.29) is 17.4 Å². The van der Waals surface area contributed by atoms with Crippen LogP contribution in [0.2, 0.25) is 0 Å². The topological polar surface area (TPSA) is 17.1 Å². The maximum atomic E-state index is 13.1. The van der Waals surface area contributed by atoms with Crippen molar-refractivity contribution in [3.8, 4) is 0 Å². The first-order valence-electron chi connectivity index (χ1n) is 5.63. The normalized spacial score (nSPS) is 10.8. The molecule has 0 amide bonds. The van der Waals surface area contributed by atoms with Gasteiger partial charge in [0.15, 0.2) is 0 Å². The minimum Gasteiger partial charge on any atom is -0.288 e. The van der Waals surface area contributed by atoms with Crippen LogP contribution < -0.4 is 0 Å². The molecule has 0 aliphatic rings. The highest BCUT2D eigenvalue weighted by Gasteiger charge is 2.13. The van der Waals surface area contributed by atoms with Gasteiger partial charge in [0.25, 0.3) is 0 Å². The van der Waals surface area contributed by atoms with Crippen molar-refractivity contribution in [1.29, 1.82) is 0 Å². The number of carbonyl (C=O) groups excluding carboxylic acids is 1. The minimum atomic E-state index is -0.380. The summed E-state index contributed by atoms with van der Waals surface area (Å²) in [7, 11) is 0. The van der Waals surface area contributed by atoms with E-state index in [4.69, 9.17) is 0 Å². The van der Waals surface area contributed by atoms with Crippen molar-refractivity contribution >= 4 is 27.2 Å². The largest absolute Gasteiger partial charge is 0.288 e. The lowest BCUT2D eigenvalue weighted by Gasteiger charge is -1.96. The van der Waals surface area contributed by atoms with Gasteiger partial charge in [0.05, 0.1) is 4.88 Å². The molecular weight excluding hydrogens is 266 g/mol. The quantitative estimate of drug-likeness (QED) is 0.633. The number of hydrogen-bond donors (Lipinski definition) is 0. The van der Waals surface area contributed by atoms with Gasteiger partial charge in [-0.3, -0.25) is 4.79 Å². The summed E-state index contributed by atoms with van der Waals surface area (Å²) in [6, 6.07) is 11.5. The third-order valence-corrected chi connectivity index (χ3v) is 3.92. The van der Waals surface area contributed by atoms with Crippen LogP contribution in [0.1, 0.15) is 15.2 Å². The molecule has 0 fully saturated rings. The molecule has 0 radical (unpaired) electrons. The number of fused-ring (bicyclic) bond motifs is 1. The fourth-order valence-corrected chi connectivity index (χ4v) is 2.87. The molecule has 0 atom stereocenters. The van der Waals surface area contributed by atoms with Crippen molar-refractivity contribution in [2.24, 2.45) is 0 Å². The van der Waals surface area contributed by atoms with Crippen LogP contribution in [0.25, 0.3) is 10.1 Å². The summed E-state index contributed by atoms with van der Waals surface area (Å²) in [5.41, 5.74) is 0.424. The molecule has 3 rings (SSSR count). The van der Waals surface area contributed by atoms with Gasteiger partial charge in [-0.15, -0.1) is 11.3 Å². The van der Waals surface area contributed by atoms with E-state index in [1.807, 2.05) is 0 Å². The Hall–Kier alpha value is -2.07. The molecule has 0 bridgehead atoms. The van der Waals surface area contributed by atoms with Gasteiger partial charge in [0.2, 0.25) is 5.78 Å². The third kappa shape index (κ3) is 2.27. The standard InChI is InChI=1S/C15H8F2OS/c16-11-3-1-9(2-4-11)15(18)14-8-10-7-12(17)5-6-13(10)19-14/h1-8H. The number of hydrogen-bond acceptors (Lipinski definition) is 2. The summed E-state index contributed by atoms with van der Waals surface area (Å²) in [6.45, 7) is 0. The zero-order valence-corrected chi connectivity index (χ0v) is 10.5. The molecule has 2 aromatic carbocycles. The lowest BCUT2D eigenvalue weighted by molar-refractivity contribution is 0.104. The zero-order valence-electron chi connectivity index (χ0n) is 9.69. The smallest absolute Gasteiger partial charge is 0.202 e. The van der Waals surface area contributed by atoms with Crippen LogP contribution in [0.5, 0.6) is 0 Å². The van der Waals surface area contributed by atoms with Crippen molar-refractivity contribution in [2.45, 2.75) is 0 Å². The van der Waals surface area contributed by atoms with E-state index in [0.717, 1.165) is 4.70 Å². The van der Waals surface area contributed by atoms with Crippen LogP contribution in [-0.4, -0.2) is 5.78 Å². The van der Waals surface area contributed by atoms with E-state index < -0.39 is 0 Å². The molecule has 0 aliphatic carbocycles. The van der Waals surface area contributed by atoms with Gasteiger partial charge in [-0.25, -0.2) is 8.78 Å². The molecule has 0 saturated carbocycles. The summed E-state index contributed by atoms with van der Waals surface area (Å²) in [6.07, 6.45) is 0. The second kappa shape index (κ2) is 4.55. The Morgan fingerprint density at radius 2 is 1.58 bits per heavy atom. The van der Waals surface area contributed by atoms with E-state index in [1.165, 1.54) is 47.7 Å². The lowest BCUT2D eigenvalue weighted by Crippen LogP contribution is -1.97. The van der Waals surface area contributed by atoms with Crippen LogP contribution in [-0.2, 0) is 0 Å². The molecule has 94 valence electrons. The average molecular weight is 274 g/mol. The Kier molecular flexibility index (Phi) is 2.87. The first-order chi connectivity index (χ1) is 9.13.